The molecule has 1 nitrogen and oxygen atoms in total. The molecular weight excluding hydrogens is 264 g/mol. The van der Waals surface area contributed by atoms with Gasteiger partial charge in [-0.25, -0.2) is 8.78 Å². The molecule has 1 aromatic rings. The summed E-state index contributed by atoms with van der Waals surface area (Å²) in [5.74, 6) is 1.10. The molecule has 1 saturated heterocycles. The van der Waals surface area contributed by atoms with E-state index in [4.69, 9.17) is 0 Å². The fourth-order valence-electron chi connectivity index (χ4n) is 3.57. The van der Waals surface area contributed by atoms with Crippen molar-refractivity contribution in [3.63, 3.8) is 0 Å². The summed E-state index contributed by atoms with van der Waals surface area (Å²) in [6.45, 7) is 2.09. The second-order valence-corrected chi connectivity index (χ2v) is 6.98. The number of hydrogen-bond donors (Lipinski definition) is 1. The molecule has 3 rings (SSSR count). The lowest BCUT2D eigenvalue weighted by atomic mass is 9.65. The van der Waals surface area contributed by atoms with E-state index in [2.05, 4.69) is 11.6 Å². The first-order valence-electron chi connectivity index (χ1n) is 6.91. The van der Waals surface area contributed by atoms with Crippen molar-refractivity contribution < 1.29 is 8.78 Å². The number of benzene rings is 1. The normalized spacial score (nSPS) is 34.9. The third kappa shape index (κ3) is 2.52. The van der Waals surface area contributed by atoms with Crippen molar-refractivity contribution in [1.29, 1.82) is 0 Å². The Kier molecular flexibility index (Phi) is 3.56. The fourth-order valence-corrected chi connectivity index (χ4v) is 4.63. The molecule has 1 aliphatic carbocycles. The second-order valence-electron chi connectivity index (χ2n) is 6.05. The minimum absolute atomic E-state index is 0.225. The van der Waals surface area contributed by atoms with Crippen molar-refractivity contribution in [3.05, 3.63) is 35.4 Å². The highest BCUT2D eigenvalue weighted by molar-refractivity contribution is 7.97. The van der Waals surface area contributed by atoms with Crippen LogP contribution in [-0.2, 0) is 5.41 Å². The van der Waals surface area contributed by atoms with Gasteiger partial charge in [0.2, 0.25) is 0 Å². The molecule has 1 aliphatic heterocycles. The van der Waals surface area contributed by atoms with Gasteiger partial charge in [0.25, 0.3) is 0 Å². The monoisotopic (exact) mass is 283 g/mol. The van der Waals surface area contributed by atoms with Gasteiger partial charge in [-0.1, -0.05) is 18.9 Å². The lowest BCUT2D eigenvalue weighted by Crippen LogP contribution is -2.45. The second kappa shape index (κ2) is 5.06. The van der Waals surface area contributed by atoms with Crippen LogP contribution in [0.4, 0.5) is 8.78 Å². The average molecular weight is 283 g/mol. The molecule has 4 heteroatoms. The molecule has 1 N–H and O–H groups in total. The molecule has 0 amide bonds. The first-order valence-corrected chi connectivity index (χ1v) is 7.90. The maximum Gasteiger partial charge on any atom is 0.127 e. The third-order valence-corrected chi connectivity index (χ3v) is 5.60. The van der Waals surface area contributed by atoms with Crippen molar-refractivity contribution in [2.45, 2.75) is 44.1 Å². The summed E-state index contributed by atoms with van der Waals surface area (Å²) in [6.07, 6.45) is 4.09. The Hall–Kier alpha value is -0.610. The van der Waals surface area contributed by atoms with E-state index in [1.54, 1.807) is 11.9 Å². The van der Waals surface area contributed by atoms with Gasteiger partial charge in [-0.05, 0) is 60.8 Å². The topological polar surface area (TPSA) is 12.0 Å². The molecule has 19 heavy (non-hydrogen) atoms. The standard InChI is InChI=1S/C15H19F2NS/c1-15(12-8-11(16)2-3-13(12)17)6-4-14-10(9-15)5-7-19-18-14/h2-3,8,10,14,18H,4-7,9H2,1H3. The van der Waals surface area contributed by atoms with E-state index in [1.165, 1.54) is 24.6 Å². The Morgan fingerprint density at radius 2 is 2.16 bits per heavy atom. The SMILES string of the molecule is CC1(c2cc(F)ccc2F)CCC2NSCCC2C1. The lowest BCUT2D eigenvalue weighted by Gasteiger charge is -2.45. The van der Waals surface area contributed by atoms with Gasteiger partial charge in [-0.2, -0.15) is 0 Å². The molecule has 2 fully saturated rings. The van der Waals surface area contributed by atoms with Crippen molar-refractivity contribution in [2.24, 2.45) is 5.92 Å². The van der Waals surface area contributed by atoms with Crippen LogP contribution < -0.4 is 4.72 Å². The van der Waals surface area contributed by atoms with E-state index >= 15 is 0 Å². The largest absolute Gasteiger partial charge is 0.261 e. The van der Waals surface area contributed by atoms with Crippen LogP contribution in [0.25, 0.3) is 0 Å². The van der Waals surface area contributed by atoms with Gasteiger partial charge < -0.3 is 0 Å². The first kappa shape index (κ1) is 13.4. The zero-order valence-electron chi connectivity index (χ0n) is 11.1. The molecule has 2 aliphatic rings. The van der Waals surface area contributed by atoms with Gasteiger partial charge in [-0.15, -0.1) is 0 Å². The van der Waals surface area contributed by atoms with Gasteiger partial charge in [0, 0.05) is 11.8 Å². The predicted octanol–water partition coefficient (Wildman–Crippen LogP) is 4.03. The Labute approximate surface area is 117 Å². The summed E-state index contributed by atoms with van der Waals surface area (Å²) in [4.78, 5) is 0. The summed E-state index contributed by atoms with van der Waals surface area (Å²) in [5.41, 5.74) is 0.334. The minimum atomic E-state index is -0.336. The van der Waals surface area contributed by atoms with Gasteiger partial charge in [0.15, 0.2) is 0 Å². The average Bonchev–Trinajstić information content (AvgIpc) is 2.41. The maximum atomic E-state index is 14.0. The quantitative estimate of drug-likeness (QED) is 0.781. The van der Waals surface area contributed by atoms with Crippen molar-refractivity contribution >= 4 is 11.9 Å². The zero-order valence-corrected chi connectivity index (χ0v) is 11.9. The van der Waals surface area contributed by atoms with E-state index in [-0.39, 0.29) is 17.0 Å². The highest BCUT2D eigenvalue weighted by Crippen LogP contribution is 2.45. The Morgan fingerprint density at radius 1 is 1.32 bits per heavy atom. The molecule has 3 unspecified atom stereocenters. The van der Waals surface area contributed by atoms with Gasteiger partial charge in [0.1, 0.15) is 11.6 Å². The number of nitrogens with one attached hydrogen (secondary N) is 1. The van der Waals surface area contributed by atoms with Crippen LogP contribution in [0.5, 0.6) is 0 Å². The summed E-state index contributed by atoms with van der Waals surface area (Å²) in [5, 5.41) is 0. The van der Waals surface area contributed by atoms with E-state index < -0.39 is 0 Å². The van der Waals surface area contributed by atoms with Crippen LogP contribution in [0.3, 0.4) is 0 Å². The third-order valence-electron chi connectivity index (χ3n) is 4.69. The van der Waals surface area contributed by atoms with Crippen LogP contribution >= 0.6 is 11.9 Å². The molecular formula is C15H19F2NS. The van der Waals surface area contributed by atoms with E-state index in [0.29, 0.717) is 17.5 Å². The number of hydrogen-bond acceptors (Lipinski definition) is 2. The molecule has 1 saturated carbocycles. The Balaban J connectivity index is 1.88. The molecule has 1 heterocycles. The van der Waals surface area contributed by atoms with Crippen LogP contribution in [0.1, 0.15) is 38.2 Å². The van der Waals surface area contributed by atoms with E-state index in [1.807, 2.05) is 0 Å². The number of fused-ring (bicyclic) bond motifs is 1. The molecule has 0 radical (unpaired) electrons. The smallest absolute Gasteiger partial charge is 0.127 e. The number of rotatable bonds is 1. The van der Waals surface area contributed by atoms with Gasteiger partial charge in [0.05, 0.1) is 0 Å². The Morgan fingerprint density at radius 3 is 3.00 bits per heavy atom. The van der Waals surface area contributed by atoms with Crippen molar-refractivity contribution in [2.75, 3.05) is 5.75 Å². The highest BCUT2D eigenvalue weighted by Gasteiger charge is 2.41. The molecule has 0 bridgehead atoms. The first-order chi connectivity index (χ1) is 9.08. The summed E-state index contributed by atoms with van der Waals surface area (Å²) in [7, 11) is 0. The van der Waals surface area contributed by atoms with Crippen LogP contribution in [-0.4, -0.2) is 11.8 Å². The van der Waals surface area contributed by atoms with E-state index in [0.717, 1.165) is 25.0 Å². The lowest BCUT2D eigenvalue weighted by molar-refractivity contribution is 0.187. The van der Waals surface area contributed by atoms with Crippen LogP contribution in [0, 0.1) is 17.6 Å². The van der Waals surface area contributed by atoms with Crippen LogP contribution in [0.15, 0.2) is 18.2 Å². The van der Waals surface area contributed by atoms with Crippen LogP contribution in [0.2, 0.25) is 0 Å². The molecule has 0 aromatic heterocycles. The maximum absolute atomic E-state index is 14.0. The molecule has 1 aromatic carbocycles. The molecule has 0 spiro atoms. The summed E-state index contributed by atoms with van der Waals surface area (Å²) in [6, 6.07) is 4.40. The van der Waals surface area contributed by atoms with Gasteiger partial charge >= 0.3 is 0 Å². The number of halogens is 2. The molecule has 3 atom stereocenters. The van der Waals surface area contributed by atoms with Gasteiger partial charge in [-0.3, -0.25) is 4.72 Å². The zero-order chi connectivity index (χ0) is 13.5. The van der Waals surface area contributed by atoms with Crippen molar-refractivity contribution in [1.82, 2.24) is 4.72 Å². The summed E-state index contributed by atoms with van der Waals surface area (Å²) >= 11 is 1.80. The predicted molar refractivity (Wildman–Crippen MR) is 75.0 cm³/mol. The fraction of sp³-hybridized carbons (Fsp3) is 0.600. The molecule has 104 valence electrons. The minimum Gasteiger partial charge on any atom is -0.261 e. The highest BCUT2D eigenvalue weighted by atomic mass is 32.2. The summed E-state index contributed by atoms with van der Waals surface area (Å²) < 4.78 is 30.9. The van der Waals surface area contributed by atoms with Crippen molar-refractivity contribution in [3.8, 4) is 0 Å². The van der Waals surface area contributed by atoms with E-state index in [9.17, 15) is 8.78 Å². The Bertz CT molecular complexity index is 479.